The van der Waals surface area contributed by atoms with Crippen LogP contribution in [0, 0.1) is 5.92 Å². The lowest BCUT2D eigenvalue weighted by Gasteiger charge is -2.25. The third-order valence-electron chi connectivity index (χ3n) is 4.99. The molecule has 1 aromatic carbocycles. The zero-order valence-corrected chi connectivity index (χ0v) is 15.0. The van der Waals surface area contributed by atoms with E-state index in [0.717, 1.165) is 46.6 Å². The van der Waals surface area contributed by atoms with Crippen LogP contribution < -0.4 is 0 Å². The Labute approximate surface area is 156 Å². The van der Waals surface area contributed by atoms with E-state index < -0.39 is 11.7 Å². The molecule has 1 aromatic heterocycles. The predicted molar refractivity (Wildman–Crippen MR) is 99.3 cm³/mol. The summed E-state index contributed by atoms with van der Waals surface area (Å²) in [5.74, 6) is 0.713. The van der Waals surface area contributed by atoms with Crippen LogP contribution in [0.15, 0.2) is 61.2 Å². The molecule has 0 saturated heterocycles. The van der Waals surface area contributed by atoms with Gasteiger partial charge in [-0.1, -0.05) is 18.7 Å². The highest BCUT2D eigenvalue weighted by Gasteiger charge is 2.30. The maximum absolute atomic E-state index is 12.9. The smallest absolute Gasteiger partial charge is 0.351 e. The summed E-state index contributed by atoms with van der Waals surface area (Å²) in [6, 6.07) is 5.25. The third-order valence-corrected chi connectivity index (χ3v) is 4.99. The van der Waals surface area contributed by atoms with Crippen molar-refractivity contribution in [3.05, 3.63) is 77.9 Å². The molecule has 0 N–H and O–H groups in total. The van der Waals surface area contributed by atoms with Crippen molar-refractivity contribution in [1.29, 1.82) is 0 Å². The van der Waals surface area contributed by atoms with Gasteiger partial charge in [0.25, 0.3) is 0 Å². The molecule has 1 aliphatic carbocycles. The van der Waals surface area contributed by atoms with Gasteiger partial charge in [0.15, 0.2) is 0 Å². The summed E-state index contributed by atoms with van der Waals surface area (Å²) in [6.45, 7) is 4.92. The fraction of sp³-hybridized carbons (Fsp3) is 0.286. The molecule has 1 fully saturated rings. The second-order valence-corrected chi connectivity index (χ2v) is 7.17. The fourth-order valence-electron chi connectivity index (χ4n) is 3.17. The highest BCUT2D eigenvalue weighted by atomic mass is 19.4. The van der Waals surface area contributed by atoms with E-state index >= 15 is 0 Å². The minimum Gasteiger partial charge on any atom is -0.351 e. The van der Waals surface area contributed by atoms with Crippen molar-refractivity contribution < 1.29 is 13.2 Å². The van der Waals surface area contributed by atoms with Crippen LogP contribution in [0.2, 0.25) is 0 Å². The molecule has 0 unspecified atom stereocenters. The Hall–Kier alpha value is -2.76. The summed E-state index contributed by atoms with van der Waals surface area (Å²) in [5.41, 5.74) is 3.56. The van der Waals surface area contributed by atoms with Gasteiger partial charge in [-0.25, -0.2) is 0 Å². The minimum atomic E-state index is -4.34. The number of nitrogens with zero attached hydrogens (tertiary/aromatic N) is 3. The van der Waals surface area contributed by atoms with E-state index in [1.807, 2.05) is 41.3 Å². The molecule has 2 heterocycles. The number of hydrogen-bond donors (Lipinski definition) is 0. The first kappa shape index (κ1) is 17.6. The summed E-state index contributed by atoms with van der Waals surface area (Å²) in [6.07, 6.45) is 5.82. The molecule has 1 aliphatic heterocycles. The molecular weight excluding hydrogens is 351 g/mol. The molecule has 0 radical (unpaired) electrons. The zero-order chi connectivity index (χ0) is 19.2. The average Bonchev–Trinajstić information content (AvgIpc) is 3.31. The van der Waals surface area contributed by atoms with Crippen LogP contribution >= 0.6 is 0 Å². The van der Waals surface area contributed by atoms with Gasteiger partial charge in [-0.3, -0.25) is 4.68 Å². The number of alkyl halides is 3. The molecule has 0 atom stereocenters. The molecule has 2 aromatic rings. The second-order valence-electron chi connectivity index (χ2n) is 7.17. The molecule has 4 rings (SSSR count). The molecule has 140 valence electrons. The predicted octanol–water partition coefficient (Wildman–Crippen LogP) is 5.20. The standard InChI is InChI=1S/C21H20F3N3/c1-14-9-19(16-5-7-18(8-6-16)21(22,23)24)20(13-26(14)2)17-10-25-27(12-17)11-15-3-4-15/h5-10,12-13,15H,1,3-4,11H2,2H3. The lowest BCUT2D eigenvalue weighted by atomic mass is 9.91. The summed E-state index contributed by atoms with van der Waals surface area (Å²) >= 11 is 0. The largest absolute Gasteiger partial charge is 0.416 e. The Morgan fingerprint density at radius 3 is 2.44 bits per heavy atom. The van der Waals surface area contributed by atoms with Crippen molar-refractivity contribution >= 4 is 11.1 Å². The van der Waals surface area contributed by atoms with Gasteiger partial charge in [0, 0.05) is 42.8 Å². The average molecular weight is 371 g/mol. The van der Waals surface area contributed by atoms with Crippen molar-refractivity contribution in [3.8, 4) is 0 Å². The Morgan fingerprint density at radius 1 is 1.11 bits per heavy atom. The van der Waals surface area contributed by atoms with E-state index in [1.54, 1.807) is 0 Å². The molecule has 0 amide bonds. The molecule has 27 heavy (non-hydrogen) atoms. The van der Waals surface area contributed by atoms with Gasteiger partial charge in [0.2, 0.25) is 0 Å². The Balaban J connectivity index is 1.68. The lowest BCUT2D eigenvalue weighted by Crippen LogP contribution is -2.13. The quantitative estimate of drug-likeness (QED) is 0.737. The first-order chi connectivity index (χ1) is 12.8. The number of aromatic nitrogens is 2. The van der Waals surface area contributed by atoms with E-state index in [9.17, 15) is 13.2 Å². The zero-order valence-electron chi connectivity index (χ0n) is 15.0. The molecule has 3 nitrogen and oxygen atoms in total. The minimum absolute atomic E-state index is 0.651. The van der Waals surface area contributed by atoms with Gasteiger partial charge in [0.1, 0.15) is 0 Å². The Kier molecular flexibility index (Phi) is 4.21. The van der Waals surface area contributed by atoms with Crippen LogP contribution in [0.3, 0.4) is 0 Å². The summed E-state index contributed by atoms with van der Waals surface area (Å²) in [5, 5.41) is 4.45. The molecule has 6 heteroatoms. The molecule has 0 spiro atoms. The van der Waals surface area contributed by atoms with Crippen LogP contribution in [0.5, 0.6) is 0 Å². The van der Waals surface area contributed by atoms with Crippen molar-refractivity contribution in [2.24, 2.45) is 5.92 Å². The van der Waals surface area contributed by atoms with Crippen molar-refractivity contribution in [2.75, 3.05) is 7.05 Å². The number of hydrogen-bond acceptors (Lipinski definition) is 2. The highest BCUT2D eigenvalue weighted by Crippen LogP contribution is 2.38. The highest BCUT2D eigenvalue weighted by molar-refractivity contribution is 6.06. The Morgan fingerprint density at radius 2 is 1.81 bits per heavy atom. The van der Waals surface area contributed by atoms with Gasteiger partial charge in [0.05, 0.1) is 11.8 Å². The van der Waals surface area contributed by atoms with E-state index in [-0.39, 0.29) is 0 Å². The van der Waals surface area contributed by atoms with Crippen LogP contribution in [-0.2, 0) is 12.7 Å². The second kappa shape index (κ2) is 6.44. The monoisotopic (exact) mass is 371 g/mol. The van der Waals surface area contributed by atoms with E-state index in [1.165, 1.54) is 25.0 Å². The van der Waals surface area contributed by atoms with Gasteiger partial charge in [-0.15, -0.1) is 0 Å². The third kappa shape index (κ3) is 3.70. The van der Waals surface area contributed by atoms with E-state index in [2.05, 4.69) is 11.7 Å². The topological polar surface area (TPSA) is 21.1 Å². The van der Waals surface area contributed by atoms with Gasteiger partial charge >= 0.3 is 6.18 Å². The number of likely N-dealkylation sites (N-methyl/N-ethyl adjacent to an activating group) is 1. The van der Waals surface area contributed by atoms with Gasteiger partial charge < -0.3 is 4.90 Å². The lowest BCUT2D eigenvalue weighted by molar-refractivity contribution is -0.137. The summed E-state index contributed by atoms with van der Waals surface area (Å²) in [4.78, 5) is 1.90. The number of halogens is 3. The first-order valence-corrected chi connectivity index (χ1v) is 8.87. The number of rotatable bonds is 4. The molecule has 2 aliphatic rings. The molecular formula is C21H20F3N3. The van der Waals surface area contributed by atoms with Gasteiger partial charge in [-0.2, -0.15) is 18.3 Å². The van der Waals surface area contributed by atoms with Crippen molar-refractivity contribution in [1.82, 2.24) is 14.7 Å². The maximum Gasteiger partial charge on any atom is 0.416 e. The SMILES string of the molecule is C=C1C=C(c2ccc(C(F)(F)F)cc2)C(c2cnn(CC3CC3)c2)=CN1C. The molecule has 1 saturated carbocycles. The summed E-state index contributed by atoms with van der Waals surface area (Å²) < 4.78 is 40.6. The number of benzene rings is 1. The van der Waals surface area contributed by atoms with Crippen LogP contribution in [0.4, 0.5) is 13.2 Å². The number of allylic oxidation sites excluding steroid dienone is 3. The van der Waals surface area contributed by atoms with E-state index in [4.69, 9.17) is 0 Å². The van der Waals surface area contributed by atoms with Crippen LogP contribution in [0.1, 0.15) is 29.5 Å². The Bertz CT molecular complexity index is 928. The van der Waals surface area contributed by atoms with Crippen molar-refractivity contribution in [2.45, 2.75) is 25.6 Å². The fourth-order valence-corrected chi connectivity index (χ4v) is 3.17. The summed E-state index contributed by atoms with van der Waals surface area (Å²) in [7, 11) is 1.90. The molecule has 0 bridgehead atoms. The van der Waals surface area contributed by atoms with E-state index in [0.29, 0.717) is 5.92 Å². The van der Waals surface area contributed by atoms with Crippen molar-refractivity contribution in [3.63, 3.8) is 0 Å². The normalized spacial score (nSPS) is 17.8. The van der Waals surface area contributed by atoms with Crippen LogP contribution in [-0.4, -0.2) is 21.7 Å². The van der Waals surface area contributed by atoms with Crippen LogP contribution in [0.25, 0.3) is 11.1 Å². The van der Waals surface area contributed by atoms with Gasteiger partial charge in [-0.05, 0) is 48.1 Å². The maximum atomic E-state index is 12.9. The first-order valence-electron chi connectivity index (χ1n) is 8.87.